The van der Waals surface area contributed by atoms with Crippen molar-refractivity contribution in [3.8, 4) is 51.0 Å². The quantitative estimate of drug-likeness (QED) is 0.176. The van der Waals surface area contributed by atoms with Gasteiger partial charge in [-0.25, -0.2) is 15.0 Å². The van der Waals surface area contributed by atoms with E-state index < -0.39 is 0 Å². The van der Waals surface area contributed by atoms with Gasteiger partial charge in [0, 0.05) is 50.5 Å². The van der Waals surface area contributed by atoms with Gasteiger partial charge in [0.25, 0.3) is 0 Å². The maximum Gasteiger partial charge on any atom is 0.164 e. The molecule has 272 valence electrons. The summed E-state index contributed by atoms with van der Waals surface area (Å²) in [5.41, 5.74) is 10.6. The van der Waals surface area contributed by atoms with Gasteiger partial charge >= 0.3 is 0 Å². The standard InChI is InChI=1S/C53H34N4O/c1-2-11-35(12-3-1)51-54-52(56-53(55-51)43-18-10-20-49-50(43)42-17-8-9-19-48(42)58-49)36-23-21-33(22-24-36)34-25-27-41(28-26-34)57-46-31-39-15-6-4-13-37(39)29-44(46)45-30-38-14-5-7-16-40(38)32-47(45)57/h1-8,10-18,20-32H,9,19H2. The summed E-state index contributed by atoms with van der Waals surface area (Å²) in [4.78, 5) is 15.2. The zero-order valence-electron chi connectivity index (χ0n) is 31.4. The molecule has 0 radical (unpaired) electrons. The molecule has 1 aliphatic rings. The Morgan fingerprint density at radius 1 is 0.466 bits per heavy atom. The van der Waals surface area contributed by atoms with Crippen molar-refractivity contribution in [2.75, 3.05) is 0 Å². The van der Waals surface area contributed by atoms with E-state index in [-0.39, 0.29) is 0 Å². The van der Waals surface area contributed by atoms with Crippen molar-refractivity contribution in [3.05, 3.63) is 187 Å². The van der Waals surface area contributed by atoms with Gasteiger partial charge in [-0.1, -0.05) is 140 Å². The van der Waals surface area contributed by atoms with Crippen LogP contribution in [0.3, 0.4) is 0 Å². The number of rotatable bonds is 5. The summed E-state index contributed by atoms with van der Waals surface area (Å²) in [6.45, 7) is 0. The lowest BCUT2D eigenvalue weighted by Gasteiger charge is -2.11. The van der Waals surface area contributed by atoms with Crippen molar-refractivity contribution in [2.24, 2.45) is 0 Å². The average molecular weight is 743 g/mol. The lowest BCUT2D eigenvalue weighted by molar-refractivity contribution is 0.546. The molecule has 11 aromatic rings. The lowest BCUT2D eigenvalue weighted by Crippen LogP contribution is -2.00. The zero-order valence-corrected chi connectivity index (χ0v) is 31.4. The third-order valence-corrected chi connectivity index (χ3v) is 11.7. The summed E-state index contributed by atoms with van der Waals surface area (Å²) in [7, 11) is 0. The monoisotopic (exact) mass is 742 g/mol. The molecule has 0 saturated carbocycles. The minimum absolute atomic E-state index is 0.627. The molecule has 0 N–H and O–H groups in total. The summed E-state index contributed by atoms with van der Waals surface area (Å²) >= 11 is 0. The van der Waals surface area contributed by atoms with Gasteiger partial charge < -0.3 is 8.98 Å². The van der Waals surface area contributed by atoms with Crippen molar-refractivity contribution in [2.45, 2.75) is 12.8 Å². The minimum Gasteiger partial charge on any atom is -0.460 e. The number of aromatic nitrogens is 4. The van der Waals surface area contributed by atoms with Crippen LogP contribution in [0.25, 0.3) is 111 Å². The highest BCUT2D eigenvalue weighted by Gasteiger charge is 2.21. The van der Waals surface area contributed by atoms with E-state index in [2.05, 4.69) is 144 Å². The second-order valence-electron chi connectivity index (χ2n) is 15.1. The van der Waals surface area contributed by atoms with Crippen LogP contribution in [0.5, 0.6) is 0 Å². The maximum absolute atomic E-state index is 6.31. The third-order valence-electron chi connectivity index (χ3n) is 11.7. The van der Waals surface area contributed by atoms with E-state index >= 15 is 0 Å². The van der Waals surface area contributed by atoms with Crippen LogP contribution < -0.4 is 0 Å². The first-order valence-electron chi connectivity index (χ1n) is 19.8. The van der Waals surface area contributed by atoms with Crippen LogP contribution >= 0.6 is 0 Å². The van der Waals surface area contributed by atoms with E-state index in [4.69, 9.17) is 19.4 Å². The molecule has 3 heterocycles. The fourth-order valence-corrected chi connectivity index (χ4v) is 8.81. The Balaban J connectivity index is 0.939. The van der Waals surface area contributed by atoms with E-state index in [1.165, 1.54) is 43.4 Å². The lowest BCUT2D eigenvalue weighted by atomic mass is 9.99. The van der Waals surface area contributed by atoms with Crippen molar-refractivity contribution in [1.29, 1.82) is 0 Å². The van der Waals surface area contributed by atoms with Crippen LogP contribution in [0.1, 0.15) is 17.7 Å². The van der Waals surface area contributed by atoms with E-state index in [1.807, 2.05) is 42.5 Å². The first-order valence-corrected chi connectivity index (χ1v) is 19.8. The average Bonchev–Trinajstić information content (AvgIpc) is 3.82. The molecule has 12 rings (SSSR count). The second kappa shape index (κ2) is 13.0. The smallest absolute Gasteiger partial charge is 0.164 e. The van der Waals surface area contributed by atoms with Gasteiger partial charge in [-0.3, -0.25) is 0 Å². The molecule has 1 aliphatic carbocycles. The van der Waals surface area contributed by atoms with Gasteiger partial charge in [0.05, 0.1) is 11.0 Å². The number of nitrogens with zero attached hydrogens (tertiary/aromatic N) is 4. The van der Waals surface area contributed by atoms with E-state index in [1.54, 1.807) is 0 Å². The first-order chi connectivity index (χ1) is 28.7. The summed E-state index contributed by atoms with van der Waals surface area (Å²) in [6, 6.07) is 60.3. The van der Waals surface area contributed by atoms with Crippen LogP contribution in [-0.4, -0.2) is 19.5 Å². The molecular formula is C53H34N4O. The highest BCUT2D eigenvalue weighted by Crippen LogP contribution is 2.39. The van der Waals surface area contributed by atoms with Crippen LogP contribution in [-0.2, 0) is 6.42 Å². The molecule has 0 saturated heterocycles. The van der Waals surface area contributed by atoms with Gasteiger partial charge in [0.2, 0.25) is 0 Å². The Labute approximate surface area is 334 Å². The number of benzene rings is 8. The summed E-state index contributed by atoms with van der Waals surface area (Å²) in [6.07, 6.45) is 6.26. The minimum atomic E-state index is 0.627. The molecule has 58 heavy (non-hydrogen) atoms. The Kier molecular flexibility index (Phi) is 7.29. The normalized spacial score (nSPS) is 12.6. The molecule has 5 heteroatoms. The summed E-state index contributed by atoms with van der Waals surface area (Å²) in [5.74, 6) is 2.91. The van der Waals surface area contributed by atoms with Crippen molar-refractivity contribution in [3.63, 3.8) is 0 Å². The Morgan fingerprint density at radius 2 is 1.00 bits per heavy atom. The predicted octanol–water partition coefficient (Wildman–Crippen LogP) is 13.6. The maximum atomic E-state index is 6.31. The molecule has 0 spiro atoms. The third kappa shape index (κ3) is 5.28. The Bertz CT molecular complexity index is 3340. The van der Waals surface area contributed by atoms with Gasteiger partial charge in [-0.15, -0.1) is 0 Å². The van der Waals surface area contributed by atoms with Crippen LogP contribution in [0.4, 0.5) is 0 Å². The molecule has 0 amide bonds. The predicted molar refractivity (Wildman–Crippen MR) is 238 cm³/mol. The number of aryl methyl sites for hydroxylation is 1. The molecule has 0 atom stereocenters. The van der Waals surface area contributed by atoms with Gasteiger partial charge in [-0.05, 0) is 81.6 Å². The van der Waals surface area contributed by atoms with Gasteiger partial charge in [0.15, 0.2) is 17.5 Å². The Morgan fingerprint density at radius 3 is 1.64 bits per heavy atom. The Hall–Kier alpha value is -7.63. The molecule has 3 aromatic heterocycles. The van der Waals surface area contributed by atoms with Gasteiger partial charge in [-0.2, -0.15) is 0 Å². The molecular weight excluding hydrogens is 709 g/mol. The van der Waals surface area contributed by atoms with Gasteiger partial charge in [0.1, 0.15) is 11.3 Å². The zero-order chi connectivity index (χ0) is 38.2. The van der Waals surface area contributed by atoms with Crippen LogP contribution in [0, 0.1) is 0 Å². The van der Waals surface area contributed by atoms with Crippen LogP contribution in [0.15, 0.2) is 180 Å². The molecule has 0 unspecified atom stereocenters. The molecule has 8 aromatic carbocycles. The number of hydrogen-bond donors (Lipinski definition) is 0. The first kappa shape index (κ1) is 32.6. The highest BCUT2D eigenvalue weighted by molar-refractivity contribution is 6.16. The number of allylic oxidation sites excluding steroid dienone is 1. The number of fused-ring (bicyclic) bond motifs is 8. The highest BCUT2D eigenvalue weighted by atomic mass is 16.3. The SMILES string of the molecule is C1=Cc2c(oc3cccc(-c4nc(-c5ccccc5)nc(-c5ccc(-c6ccc(-n7c8cc9ccccc9cc8c8cc9ccccc9cc87)cc6)cc5)n4)c23)CC1. The fraction of sp³-hybridized carbons (Fsp3) is 0.0377. The van der Waals surface area contributed by atoms with Crippen molar-refractivity contribution >= 4 is 60.4 Å². The van der Waals surface area contributed by atoms with Crippen molar-refractivity contribution < 1.29 is 4.42 Å². The molecule has 5 nitrogen and oxygen atoms in total. The van der Waals surface area contributed by atoms with E-state index in [0.29, 0.717) is 17.5 Å². The summed E-state index contributed by atoms with van der Waals surface area (Å²) in [5, 5.41) is 8.52. The topological polar surface area (TPSA) is 56.7 Å². The number of furan rings is 1. The fourth-order valence-electron chi connectivity index (χ4n) is 8.81. The largest absolute Gasteiger partial charge is 0.460 e. The molecule has 0 aliphatic heterocycles. The van der Waals surface area contributed by atoms with Crippen molar-refractivity contribution in [1.82, 2.24) is 19.5 Å². The van der Waals surface area contributed by atoms with Crippen LogP contribution in [0.2, 0.25) is 0 Å². The number of hydrogen-bond acceptors (Lipinski definition) is 4. The molecule has 0 bridgehead atoms. The molecule has 0 fully saturated rings. The summed E-state index contributed by atoms with van der Waals surface area (Å²) < 4.78 is 8.72. The van der Waals surface area contributed by atoms with E-state index in [0.717, 1.165) is 68.6 Å². The second-order valence-corrected chi connectivity index (χ2v) is 15.1. The van der Waals surface area contributed by atoms with E-state index in [9.17, 15) is 0 Å².